The second-order valence-electron chi connectivity index (χ2n) is 6.73. The molecule has 0 spiro atoms. The molecule has 0 fully saturated rings. The van der Waals surface area contributed by atoms with Gasteiger partial charge in [0.25, 0.3) is 5.56 Å². The molecular weight excluding hydrogens is 400 g/mol. The highest BCUT2D eigenvalue weighted by Gasteiger charge is 2.20. The zero-order valence-electron chi connectivity index (χ0n) is 16.6. The van der Waals surface area contributed by atoms with Gasteiger partial charge >= 0.3 is 5.97 Å². The lowest BCUT2D eigenvalue weighted by Gasteiger charge is -2.20. The van der Waals surface area contributed by atoms with Crippen molar-refractivity contribution in [3.05, 3.63) is 94.2 Å². The molecule has 0 bridgehead atoms. The zero-order valence-corrected chi connectivity index (χ0v) is 17.4. The number of para-hydroxylation sites is 1. The predicted molar refractivity (Wildman–Crippen MR) is 116 cm³/mol. The van der Waals surface area contributed by atoms with Gasteiger partial charge in [0.15, 0.2) is 5.16 Å². The number of carbonyl (C=O) groups excluding carboxylic acids is 1. The van der Waals surface area contributed by atoms with Gasteiger partial charge in [-0.3, -0.25) is 9.36 Å². The lowest BCUT2D eigenvalue weighted by Crippen LogP contribution is -2.27. The molecule has 4 aromatic rings. The van der Waals surface area contributed by atoms with E-state index in [0.717, 1.165) is 5.56 Å². The second kappa shape index (κ2) is 8.59. The number of aromatic nitrogens is 2. The van der Waals surface area contributed by atoms with Crippen LogP contribution in [0.4, 0.5) is 0 Å². The molecule has 152 valence electrons. The molecule has 2 heterocycles. The van der Waals surface area contributed by atoms with Crippen LogP contribution in [0, 0.1) is 0 Å². The van der Waals surface area contributed by atoms with Crippen LogP contribution in [-0.2, 0) is 10.5 Å². The van der Waals surface area contributed by atoms with E-state index in [-0.39, 0.29) is 17.4 Å². The van der Waals surface area contributed by atoms with Crippen molar-refractivity contribution < 1.29 is 13.9 Å². The Labute approximate surface area is 177 Å². The van der Waals surface area contributed by atoms with Gasteiger partial charge in [-0.1, -0.05) is 54.2 Å². The van der Waals surface area contributed by atoms with Gasteiger partial charge in [0.1, 0.15) is 0 Å². The summed E-state index contributed by atoms with van der Waals surface area (Å²) in [4.78, 5) is 30.0. The van der Waals surface area contributed by atoms with Crippen molar-refractivity contribution >= 4 is 28.6 Å². The van der Waals surface area contributed by atoms with Gasteiger partial charge < -0.3 is 9.15 Å². The molecule has 30 heavy (non-hydrogen) atoms. The highest BCUT2D eigenvalue weighted by molar-refractivity contribution is 7.98. The van der Waals surface area contributed by atoms with Crippen LogP contribution in [0.15, 0.2) is 81.3 Å². The van der Waals surface area contributed by atoms with Crippen molar-refractivity contribution in [2.75, 3.05) is 7.11 Å². The maximum absolute atomic E-state index is 13.4. The normalized spacial score (nSPS) is 12.1. The molecule has 0 amide bonds. The number of thioether (sulfide) groups is 1. The average molecular weight is 420 g/mol. The second-order valence-corrected chi connectivity index (χ2v) is 7.67. The summed E-state index contributed by atoms with van der Waals surface area (Å²) >= 11 is 1.38. The first-order chi connectivity index (χ1) is 14.6. The molecule has 7 heteroatoms. The Morgan fingerprint density at radius 2 is 1.87 bits per heavy atom. The monoisotopic (exact) mass is 420 g/mol. The van der Waals surface area contributed by atoms with Crippen LogP contribution in [0.5, 0.6) is 0 Å². The molecule has 6 nitrogen and oxygen atoms in total. The summed E-state index contributed by atoms with van der Waals surface area (Å²) in [6, 6.07) is 18.7. The number of rotatable bonds is 6. The maximum atomic E-state index is 13.4. The highest BCUT2D eigenvalue weighted by atomic mass is 32.2. The fraction of sp³-hybridized carbons (Fsp3) is 0.174. The van der Waals surface area contributed by atoms with E-state index in [1.54, 1.807) is 16.7 Å². The Kier molecular flexibility index (Phi) is 5.72. The third-order valence-corrected chi connectivity index (χ3v) is 5.92. The number of benzene rings is 2. The molecule has 4 rings (SSSR count). The molecule has 0 saturated heterocycles. The molecule has 0 N–H and O–H groups in total. The number of nitrogens with zero attached hydrogens (tertiary/aromatic N) is 2. The quantitative estimate of drug-likeness (QED) is 0.256. The van der Waals surface area contributed by atoms with E-state index < -0.39 is 5.97 Å². The van der Waals surface area contributed by atoms with Crippen LogP contribution in [-0.4, -0.2) is 22.6 Å². The molecule has 1 atom stereocenters. The minimum Gasteiger partial charge on any atom is -0.463 e. The van der Waals surface area contributed by atoms with Gasteiger partial charge in [-0.2, -0.15) is 0 Å². The highest BCUT2D eigenvalue weighted by Crippen LogP contribution is 2.28. The van der Waals surface area contributed by atoms with E-state index in [9.17, 15) is 9.59 Å². The Morgan fingerprint density at radius 1 is 1.13 bits per heavy atom. The summed E-state index contributed by atoms with van der Waals surface area (Å²) in [6.07, 6.45) is 1.45. The lowest BCUT2D eigenvalue weighted by atomic mass is 10.1. The van der Waals surface area contributed by atoms with Crippen molar-refractivity contribution in [2.45, 2.75) is 23.9 Å². The number of ether oxygens (including phenoxy) is 1. The summed E-state index contributed by atoms with van der Waals surface area (Å²) in [6.45, 7) is 1.98. The lowest BCUT2D eigenvalue weighted by molar-refractivity contribution is 0.0564. The van der Waals surface area contributed by atoms with Crippen LogP contribution in [0.25, 0.3) is 10.9 Å². The van der Waals surface area contributed by atoms with E-state index in [1.807, 2.05) is 55.5 Å². The van der Waals surface area contributed by atoms with E-state index in [1.165, 1.54) is 25.1 Å². The van der Waals surface area contributed by atoms with Crippen LogP contribution in [0.2, 0.25) is 0 Å². The molecule has 0 aliphatic heterocycles. The summed E-state index contributed by atoms with van der Waals surface area (Å²) < 4.78 is 11.7. The third-order valence-electron chi connectivity index (χ3n) is 4.92. The fourth-order valence-electron chi connectivity index (χ4n) is 3.31. The van der Waals surface area contributed by atoms with Crippen molar-refractivity contribution in [2.24, 2.45) is 0 Å². The van der Waals surface area contributed by atoms with Gasteiger partial charge in [0, 0.05) is 11.3 Å². The molecule has 0 unspecified atom stereocenters. The first kappa shape index (κ1) is 20.0. The zero-order chi connectivity index (χ0) is 21.1. The SMILES string of the molecule is COC(=O)c1occc1CSc1nc2ccccc2c(=O)n1[C@@H](C)c1ccccc1. The summed E-state index contributed by atoms with van der Waals surface area (Å²) in [5, 5.41) is 1.15. The van der Waals surface area contributed by atoms with Gasteiger partial charge in [0.2, 0.25) is 5.76 Å². The summed E-state index contributed by atoms with van der Waals surface area (Å²) in [5.74, 6) is 0.0423. The standard InChI is InChI=1S/C23H20N2O4S/c1-15(16-8-4-3-5-9-16)25-21(26)18-10-6-7-11-19(18)24-23(25)30-14-17-12-13-29-20(17)22(27)28-2/h3-13,15H,14H2,1-2H3/t15-/m0/s1. The number of carbonyl (C=O) groups is 1. The van der Waals surface area contributed by atoms with Crippen molar-refractivity contribution in [3.8, 4) is 0 Å². The summed E-state index contributed by atoms with van der Waals surface area (Å²) in [5.41, 5.74) is 2.24. The number of methoxy groups -OCH3 is 1. The van der Waals surface area contributed by atoms with Crippen molar-refractivity contribution in [1.29, 1.82) is 0 Å². The Balaban J connectivity index is 1.78. The van der Waals surface area contributed by atoms with E-state index >= 15 is 0 Å². The van der Waals surface area contributed by atoms with Gasteiger partial charge in [0.05, 0.1) is 30.3 Å². The summed E-state index contributed by atoms with van der Waals surface area (Å²) in [7, 11) is 1.31. The maximum Gasteiger partial charge on any atom is 0.374 e. The molecule has 2 aromatic carbocycles. The molecule has 0 aliphatic rings. The first-order valence-electron chi connectivity index (χ1n) is 9.44. The molecule has 0 radical (unpaired) electrons. The van der Waals surface area contributed by atoms with Crippen LogP contribution in [0.1, 0.15) is 34.6 Å². The largest absolute Gasteiger partial charge is 0.463 e. The smallest absolute Gasteiger partial charge is 0.374 e. The van der Waals surface area contributed by atoms with E-state index in [4.69, 9.17) is 14.1 Å². The van der Waals surface area contributed by atoms with Crippen LogP contribution < -0.4 is 5.56 Å². The minimum atomic E-state index is -0.530. The molecule has 0 saturated carbocycles. The third kappa shape index (κ3) is 3.76. The Morgan fingerprint density at radius 3 is 2.63 bits per heavy atom. The number of hydrogen-bond acceptors (Lipinski definition) is 6. The molecule has 2 aromatic heterocycles. The average Bonchev–Trinajstić information content (AvgIpc) is 3.26. The number of furan rings is 1. The van der Waals surface area contributed by atoms with E-state index in [0.29, 0.717) is 27.4 Å². The van der Waals surface area contributed by atoms with Crippen LogP contribution >= 0.6 is 11.8 Å². The van der Waals surface area contributed by atoms with Gasteiger partial charge in [-0.15, -0.1) is 0 Å². The number of fused-ring (bicyclic) bond motifs is 1. The van der Waals surface area contributed by atoms with Crippen molar-refractivity contribution in [3.63, 3.8) is 0 Å². The van der Waals surface area contributed by atoms with Crippen molar-refractivity contribution in [1.82, 2.24) is 9.55 Å². The fourth-order valence-corrected chi connectivity index (χ4v) is 4.37. The Hall–Kier alpha value is -3.32. The van der Waals surface area contributed by atoms with Gasteiger partial charge in [-0.25, -0.2) is 9.78 Å². The molecular formula is C23H20N2O4S. The first-order valence-corrected chi connectivity index (χ1v) is 10.4. The number of esters is 1. The van der Waals surface area contributed by atoms with Crippen LogP contribution in [0.3, 0.4) is 0 Å². The van der Waals surface area contributed by atoms with Gasteiger partial charge in [-0.05, 0) is 30.7 Å². The Bertz CT molecular complexity index is 1250. The number of hydrogen-bond donors (Lipinski definition) is 0. The topological polar surface area (TPSA) is 74.3 Å². The minimum absolute atomic E-state index is 0.0974. The molecule has 0 aliphatic carbocycles. The van der Waals surface area contributed by atoms with E-state index in [2.05, 4.69) is 0 Å². The predicted octanol–water partition coefficient (Wildman–Crippen LogP) is 4.68.